The number of carbonyl (C=O) groups is 2. The Balaban J connectivity index is 0.000000279. The molecule has 0 amide bonds. The maximum Gasteiger partial charge on any atom is 0.328 e. The van der Waals surface area contributed by atoms with Gasteiger partial charge in [0.15, 0.2) is 5.75 Å². The molecule has 27 heavy (non-hydrogen) atoms. The molecule has 2 unspecified atom stereocenters. The molecule has 1 aliphatic heterocycles. The molecule has 0 fully saturated rings. The molecule has 2 atom stereocenters. The van der Waals surface area contributed by atoms with E-state index < -0.39 is 11.9 Å². The Morgan fingerprint density at radius 2 is 1.59 bits per heavy atom. The highest BCUT2D eigenvalue weighted by atomic mass is 16.5. The first kappa shape index (κ1) is 20.0. The average molecular weight is 370 g/mol. The number of carboxylic acid groups (broad SMARTS) is 2. The molecule has 7 nitrogen and oxygen atoms in total. The fraction of sp³-hybridized carbons (Fsp3) is 0.200. The van der Waals surface area contributed by atoms with Gasteiger partial charge in [0.2, 0.25) is 0 Å². The first-order valence-electron chi connectivity index (χ1n) is 8.36. The second kappa shape index (κ2) is 9.40. The molecule has 2 aromatic rings. The van der Waals surface area contributed by atoms with E-state index >= 15 is 0 Å². The fourth-order valence-corrected chi connectivity index (χ4v) is 2.57. The van der Waals surface area contributed by atoms with E-state index in [1.54, 1.807) is 0 Å². The van der Waals surface area contributed by atoms with Gasteiger partial charge < -0.3 is 25.6 Å². The largest absolute Gasteiger partial charge is 0.478 e. The van der Waals surface area contributed by atoms with Crippen molar-refractivity contribution in [1.29, 1.82) is 0 Å². The van der Waals surface area contributed by atoms with Gasteiger partial charge >= 0.3 is 11.9 Å². The minimum atomic E-state index is -1.26. The summed E-state index contributed by atoms with van der Waals surface area (Å²) in [5.74, 6) is -0.715. The third-order valence-electron chi connectivity index (χ3n) is 4.00. The van der Waals surface area contributed by atoms with Crippen LogP contribution in [0.3, 0.4) is 0 Å². The fourth-order valence-electron chi connectivity index (χ4n) is 2.57. The van der Waals surface area contributed by atoms with Crippen LogP contribution in [0.4, 0.5) is 5.69 Å². The van der Waals surface area contributed by atoms with Crippen LogP contribution in [0.15, 0.2) is 60.7 Å². The molecule has 0 spiro atoms. The maximum absolute atomic E-state index is 9.55. The Labute approximate surface area is 157 Å². The summed E-state index contributed by atoms with van der Waals surface area (Å²) in [6.45, 7) is 2.17. The lowest BCUT2D eigenvalue weighted by molar-refractivity contribution is -0.134. The van der Waals surface area contributed by atoms with Crippen LogP contribution >= 0.6 is 0 Å². The molecule has 0 aliphatic carbocycles. The summed E-state index contributed by atoms with van der Waals surface area (Å²) in [4.78, 5) is 19.1. The number of hydrogen-bond donors (Lipinski definition) is 4. The molecule has 142 valence electrons. The Kier molecular flexibility index (Phi) is 6.96. The summed E-state index contributed by atoms with van der Waals surface area (Å²) in [6, 6.07) is 16.7. The molecular weight excluding hydrogens is 348 g/mol. The topological polar surface area (TPSA) is 108 Å². The van der Waals surface area contributed by atoms with Gasteiger partial charge in [0.1, 0.15) is 5.75 Å². The number of para-hydroxylation sites is 3. The van der Waals surface area contributed by atoms with Crippen LogP contribution in [0, 0.1) is 0 Å². The van der Waals surface area contributed by atoms with Gasteiger partial charge in [0, 0.05) is 23.8 Å². The van der Waals surface area contributed by atoms with Gasteiger partial charge in [-0.15, -0.1) is 0 Å². The molecule has 7 heteroatoms. The van der Waals surface area contributed by atoms with Crippen LogP contribution in [0.25, 0.3) is 0 Å². The van der Waals surface area contributed by atoms with E-state index in [-0.39, 0.29) is 6.04 Å². The van der Waals surface area contributed by atoms with Crippen LogP contribution < -0.4 is 15.4 Å². The van der Waals surface area contributed by atoms with E-state index in [0.29, 0.717) is 18.2 Å². The van der Waals surface area contributed by atoms with Gasteiger partial charge in [-0.25, -0.2) is 9.59 Å². The van der Waals surface area contributed by atoms with Gasteiger partial charge in [-0.2, -0.15) is 0 Å². The zero-order valence-corrected chi connectivity index (χ0v) is 15.0. The van der Waals surface area contributed by atoms with Crippen molar-refractivity contribution in [2.45, 2.75) is 19.0 Å². The van der Waals surface area contributed by atoms with E-state index in [2.05, 4.69) is 35.8 Å². The van der Waals surface area contributed by atoms with E-state index in [1.807, 2.05) is 37.4 Å². The number of carboxylic acids is 2. The SMILES string of the molecule is CNC(C)C1Nc2ccccc2Oc2ccccc21.O=C(O)C=CC(=O)O. The summed E-state index contributed by atoms with van der Waals surface area (Å²) in [7, 11) is 1.98. The first-order valence-corrected chi connectivity index (χ1v) is 8.36. The minimum Gasteiger partial charge on any atom is -0.478 e. The van der Waals surface area contributed by atoms with Crippen LogP contribution in [0.5, 0.6) is 11.5 Å². The van der Waals surface area contributed by atoms with Crippen molar-refractivity contribution in [3.8, 4) is 11.5 Å². The van der Waals surface area contributed by atoms with Crippen LogP contribution in [0.2, 0.25) is 0 Å². The highest BCUT2D eigenvalue weighted by Crippen LogP contribution is 2.40. The van der Waals surface area contributed by atoms with Crippen LogP contribution in [0.1, 0.15) is 18.5 Å². The molecule has 0 bridgehead atoms. The number of hydrogen-bond acceptors (Lipinski definition) is 5. The van der Waals surface area contributed by atoms with E-state index in [9.17, 15) is 9.59 Å². The Hall–Kier alpha value is -3.32. The Bertz CT molecular complexity index is 819. The number of rotatable bonds is 4. The molecular formula is C20H22N2O5. The summed E-state index contributed by atoms with van der Waals surface area (Å²) in [5, 5.41) is 22.5. The van der Waals surface area contributed by atoms with Gasteiger partial charge in [-0.3, -0.25) is 0 Å². The van der Waals surface area contributed by atoms with Crippen molar-refractivity contribution >= 4 is 17.6 Å². The van der Waals surface area contributed by atoms with Crippen LogP contribution in [-0.2, 0) is 9.59 Å². The summed E-state index contributed by atoms with van der Waals surface area (Å²) in [6.07, 6.45) is 1.12. The lowest BCUT2D eigenvalue weighted by Crippen LogP contribution is -2.33. The van der Waals surface area contributed by atoms with Gasteiger partial charge in [-0.1, -0.05) is 30.3 Å². The number of fused-ring (bicyclic) bond motifs is 2. The summed E-state index contributed by atoms with van der Waals surface area (Å²) in [5.41, 5.74) is 2.21. The van der Waals surface area contributed by atoms with Crippen molar-refractivity contribution in [2.75, 3.05) is 12.4 Å². The van der Waals surface area contributed by atoms with E-state index in [1.165, 1.54) is 5.56 Å². The highest BCUT2D eigenvalue weighted by Gasteiger charge is 2.25. The monoisotopic (exact) mass is 370 g/mol. The second-order valence-electron chi connectivity index (χ2n) is 5.85. The highest BCUT2D eigenvalue weighted by molar-refractivity contribution is 5.89. The van der Waals surface area contributed by atoms with Crippen molar-refractivity contribution in [3.63, 3.8) is 0 Å². The van der Waals surface area contributed by atoms with Crippen molar-refractivity contribution in [2.24, 2.45) is 0 Å². The molecule has 3 rings (SSSR count). The smallest absolute Gasteiger partial charge is 0.328 e. The lowest BCUT2D eigenvalue weighted by Gasteiger charge is -2.25. The number of benzene rings is 2. The molecule has 0 radical (unpaired) electrons. The molecule has 1 heterocycles. The maximum atomic E-state index is 9.55. The first-order chi connectivity index (χ1) is 12.9. The second-order valence-corrected chi connectivity index (χ2v) is 5.85. The zero-order valence-electron chi connectivity index (χ0n) is 15.0. The van der Waals surface area contributed by atoms with Crippen molar-refractivity contribution in [1.82, 2.24) is 5.32 Å². The Morgan fingerprint density at radius 3 is 2.19 bits per heavy atom. The van der Waals surface area contributed by atoms with Crippen molar-refractivity contribution in [3.05, 3.63) is 66.2 Å². The number of nitrogens with one attached hydrogen (secondary N) is 2. The average Bonchev–Trinajstić information content (AvgIpc) is 2.83. The number of ether oxygens (including phenoxy) is 1. The van der Waals surface area contributed by atoms with Gasteiger partial charge in [-0.05, 0) is 32.2 Å². The third-order valence-corrected chi connectivity index (χ3v) is 4.00. The molecule has 0 saturated heterocycles. The molecule has 2 aromatic carbocycles. The summed E-state index contributed by atoms with van der Waals surface area (Å²) < 4.78 is 6.04. The van der Waals surface area contributed by atoms with Gasteiger partial charge in [0.25, 0.3) is 0 Å². The standard InChI is InChI=1S/C16H18N2O.C4H4O4/c1-11(17-2)16-12-7-3-5-9-14(12)19-15-10-6-4-8-13(15)18-16;5-3(6)1-2-4(7)8/h3-11,16-18H,1-2H3;1-2H,(H,5,6)(H,7,8). The molecule has 4 N–H and O–H groups in total. The van der Waals surface area contributed by atoms with Crippen molar-refractivity contribution < 1.29 is 24.5 Å². The Morgan fingerprint density at radius 1 is 1.04 bits per heavy atom. The predicted octanol–water partition coefficient (Wildman–Crippen LogP) is 3.27. The summed E-state index contributed by atoms with van der Waals surface area (Å²) >= 11 is 0. The van der Waals surface area contributed by atoms with Crippen LogP contribution in [-0.4, -0.2) is 35.2 Å². The quantitative estimate of drug-likeness (QED) is 0.612. The zero-order chi connectivity index (χ0) is 19.8. The minimum absolute atomic E-state index is 0.185. The van der Waals surface area contributed by atoms with E-state index in [4.69, 9.17) is 14.9 Å². The number of aliphatic carboxylic acids is 2. The molecule has 1 aliphatic rings. The number of likely N-dealkylation sites (N-methyl/N-ethyl adjacent to an activating group) is 1. The normalized spacial score (nSPS) is 15.7. The number of anilines is 1. The predicted molar refractivity (Wildman–Crippen MR) is 102 cm³/mol. The third kappa shape index (κ3) is 5.58. The lowest BCUT2D eigenvalue weighted by atomic mass is 9.99. The molecule has 0 aromatic heterocycles. The van der Waals surface area contributed by atoms with Gasteiger partial charge in [0.05, 0.1) is 11.7 Å². The van der Waals surface area contributed by atoms with E-state index in [0.717, 1.165) is 17.2 Å². The molecule has 0 saturated carbocycles.